The Morgan fingerprint density at radius 1 is 1.24 bits per heavy atom. The molecule has 0 saturated carbocycles. The number of benzene rings is 1. The zero-order valence-corrected chi connectivity index (χ0v) is 18.7. The van der Waals surface area contributed by atoms with Gasteiger partial charge in [0.1, 0.15) is 11.3 Å². The van der Waals surface area contributed by atoms with Crippen LogP contribution in [0.1, 0.15) is 48.3 Å². The van der Waals surface area contributed by atoms with Gasteiger partial charge in [0.05, 0.1) is 6.10 Å². The number of hydrogen-bond donors (Lipinski definition) is 1. The lowest BCUT2D eigenvalue weighted by molar-refractivity contribution is 0.0947. The highest BCUT2D eigenvalue weighted by Gasteiger charge is 2.19. The molecule has 0 bridgehead atoms. The largest absolute Gasteiger partial charge is 0.491 e. The maximum Gasteiger partial charge on any atom is 0.263 e. The molecule has 1 N–H and O–H groups in total. The van der Waals surface area contributed by atoms with Crippen LogP contribution in [0.3, 0.4) is 0 Å². The van der Waals surface area contributed by atoms with E-state index in [0.29, 0.717) is 22.9 Å². The molecule has 2 aromatic rings. The first kappa shape index (κ1) is 23.0. The van der Waals surface area contributed by atoms with Gasteiger partial charge in [0, 0.05) is 35.9 Å². The first-order valence-electron chi connectivity index (χ1n) is 9.70. The number of halogens is 1. The highest BCUT2D eigenvalue weighted by Crippen LogP contribution is 2.24. The molecule has 2 rings (SSSR count). The number of likely N-dealkylation sites (N-methyl/N-ethyl adjacent to an activating group) is 1. The fourth-order valence-electron chi connectivity index (χ4n) is 3.20. The first-order valence-corrected chi connectivity index (χ1v) is 10.1. The van der Waals surface area contributed by atoms with Gasteiger partial charge >= 0.3 is 0 Å². The van der Waals surface area contributed by atoms with E-state index in [1.807, 2.05) is 39.8 Å². The minimum absolute atomic E-state index is 0.00705. The van der Waals surface area contributed by atoms with Gasteiger partial charge in [0.25, 0.3) is 11.5 Å². The summed E-state index contributed by atoms with van der Waals surface area (Å²) in [6.07, 6.45) is 1.74. The van der Waals surface area contributed by atoms with E-state index in [4.69, 9.17) is 16.3 Å². The molecule has 0 aliphatic carbocycles. The highest BCUT2D eigenvalue weighted by atomic mass is 35.5. The van der Waals surface area contributed by atoms with E-state index in [1.54, 1.807) is 42.0 Å². The molecule has 6 nitrogen and oxygen atoms in total. The van der Waals surface area contributed by atoms with Crippen molar-refractivity contribution in [3.63, 3.8) is 0 Å². The lowest BCUT2D eigenvalue weighted by Crippen LogP contribution is -2.36. The van der Waals surface area contributed by atoms with Crippen molar-refractivity contribution in [1.29, 1.82) is 0 Å². The Balaban J connectivity index is 2.26. The zero-order chi connectivity index (χ0) is 21.7. The third-order valence-electron chi connectivity index (χ3n) is 4.48. The molecular formula is C22H30ClN3O3. The standard InChI is InChI=1S/C22H30ClN3O3/c1-14(2)29-19-8-7-18(23)11-17(19)12-24-21(27)20-15(3)9-10-26(22(20)28)16(4)13-25(5)6/h7-11,14,16H,12-13H2,1-6H3,(H,24,27). The molecule has 1 atom stereocenters. The lowest BCUT2D eigenvalue weighted by atomic mass is 10.1. The number of hydrogen-bond acceptors (Lipinski definition) is 4. The van der Waals surface area contributed by atoms with Gasteiger partial charge in [-0.25, -0.2) is 0 Å². The molecule has 1 amide bonds. The summed E-state index contributed by atoms with van der Waals surface area (Å²) < 4.78 is 7.40. The third kappa shape index (κ3) is 6.08. The molecule has 1 aromatic heterocycles. The van der Waals surface area contributed by atoms with Gasteiger partial charge in [-0.15, -0.1) is 0 Å². The van der Waals surface area contributed by atoms with E-state index < -0.39 is 5.91 Å². The molecule has 0 radical (unpaired) electrons. The van der Waals surface area contributed by atoms with E-state index >= 15 is 0 Å². The van der Waals surface area contributed by atoms with Gasteiger partial charge in [0.15, 0.2) is 0 Å². The number of amides is 1. The summed E-state index contributed by atoms with van der Waals surface area (Å²) >= 11 is 6.11. The molecular weight excluding hydrogens is 390 g/mol. The maximum atomic E-state index is 13.0. The predicted molar refractivity (Wildman–Crippen MR) is 117 cm³/mol. The lowest BCUT2D eigenvalue weighted by Gasteiger charge is -2.20. The molecule has 158 valence electrons. The van der Waals surface area contributed by atoms with Crippen LogP contribution in [0.25, 0.3) is 0 Å². The van der Waals surface area contributed by atoms with E-state index in [2.05, 4.69) is 5.32 Å². The fourth-order valence-corrected chi connectivity index (χ4v) is 3.39. The molecule has 1 unspecified atom stereocenters. The molecule has 0 fully saturated rings. The predicted octanol–water partition coefficient (Wildman–Crippen LogP) is 3.65. The summed E-state index contributed by atoms with van der Waals surface area (Å²) in [5.41, 5.74) is 1.27. The number of aryl methyl sites for hydroxylation is 1. The van der Waals surface area contributed by atoms with Gasteiger partial charge in [-0.1, -0.05) is 11.6 Å². The Hall–Kier alpha value is -2.31. The van der Waals surface area contributed by atoms with E-state index in [9.17, 15) is 9.59 Å². The molecule has 0 spiro atoms. The summed E-state index contributed by atoms with van der Waals surface area (Å²) in [6, 6.07) is 7.04. The van der Waals surface area contributed by atoms with Crippen molar-refractivity contribution >= 4 is 17.5 Å². The second kappa shape index (κ2) is 9.94. The van der Waals surface area contributed by atoms with Crippen LogP contribution in [-0.4, -0.2) is 42.1 Å². The minimum Gasteiger partial charge on any atom is -0.491 e. The van der Waals surface area contributed by atoms with Crippen molar-refractivity contribution in [3.8, 4) is 5.75 Å². The molecule has 7 heteroatoms. The van der Waals surface area contributed by atoms with Crippen molar-refractivity contribution in [2.24, 2.45) is 0 Å². The summed E-state index contributed by atoms with van der Waals surface area (Å²) in [5, 5.41) is 3.40. The molecule has 29 heavy (non-hydrogen) atoms. The van der Waals surface area contributed by atoms with Crippen molar-refractivity contribution in [2.75, 3.05) is 20.6 Å². The molecule has 0 aliphatic heterocycles. The summed E-state index contributed by atoms with van der Waals surface area (Å²) in [4.78, 5) is 27.8. The van der Waals surface area contributed by atoms with E-state index in [0.717, 1.165) is 5.56 Å². The first-order chi connectivity index (χ1) is 13.6. The summed E-state index contributed by atoms with van der Waals surface area (Å²) in [7, 11) is 3.90. The third-order valence-corrected chi connectivity index (χ3v) is 4.72. The molecule has 0 saturated heterocycles. The van der Waals surface area contributed by atoms with Crippen LogP contribution >= 0.6 is 11.6 Å². The Morgan fingerprint density at radius 3 is 2.55 bits per heavy atom. The second-order valence-electron chi connectivity index (χ2n) is 7.80. The number of nitrogens with zero attached hydrogens (tertiary/aromatic N) is 2. The van der Waals surface area contributed by atoms with Crippen LogP contribution in [0, 0.1) is 6.92 Å². The number of carbonyl (C=O) groups is 1. The Kier molecular flexibility index (Phi) is 7.88. The van der Waals surface area contributed by atoms with E-state index in [-0.39, 0.29) is 29.8 Å². The smallest absolute Gasteiger partial charge is 0.263 e. The van der Waals surface area contributed by atoms with Crippen LogP contribution in [0.2, 0.25) is 5.02 Å². The second-order valence-corrected chi connectivity index (χ2v) is 8.24. The number of rotatable bonds is 8. The molecule has 1 aromatic carbocycles. The SMILES string of the molecule is Cc1ccn(C(C)CN(C)C)c(=O)c1C(=O)NCc1cc(Cl)ccc1OC(C)C. The van der Waals surface area contributed by atoms with Crippen LogP contribution in [0.4, 0.5) is 0 Å². The van der Waals surface area contributed by atoms with Crippen molar-refractivity contribution in [3.05, 3.63) is 62.5 Å². The maximum absolute atomic E-state index is 13.0. The molecule has 1 heterocycles. The van der Waals surface area contributed by atoms with Gasteiger partial charge in [-0.3, -0.25) is 9.59 Å². The monoisotopic (exact) mass is 419 g/mol. The van der Waals surface area contributed by atoms with Gasteiger partial charge in [-0.2, -0.15) is 0 Å². The normalized spacial score (nSPS) is 12.3. The quantitative estimate of drug-likeness (QED) is 0.709. The van der Waals surface area contributed by atoms with Gasteiger partial charge < -0.3 is 19.5 Å². The average molecular weight is 420 g/mol. The zero-order valence-electron chi connectivity index (χ0n) is 18.0. The average Bonchev–Trinajstić information content (AvgIpc) is 2.60. The fraction of sp³-hybridized carbons (Fsp3) is 0.455. The topological polar surface area (TPSA) is 63.6 Å². The number of ether oxygens (including phenoxy) is 1. The van der Waals surface area contributed by atoms with Crippen LogP contribution in [0.15, 0.2) is 35.3 Å². The minimum atomic E-state index is -0.408. The highest BCUT2D eigenvalue weighted by molar-refractivity contribution is 6.30. The Bertz CT molecular complexity index is 922. The number of carbonyl (C=O) groups excluding carboxylic acids is 1. The molecule has 0 aliphatic rings. The Morgan fingerprint density at radius 2 is 1.93 bits per heavy atom. The number of pyridine rings is 1. The Labute approximate surface area is 177 Å². The summed E-state index contributed by atoms with van der Waals surface area (Å²) in [6.45, 7) is 8.50. The van der Waals surface area contributed by atoms with Crippen molar-refractivity contribution in [2.45, 2.75) is 46.4 Å². The van der Waals surface area contributed by atoms with Crippen LogP contribution < -0.4 is 15.6 Å². The van der Waals surface area contributed by atoms with Crippen LogP contribution in [0.5, 0.6) is 5.75 Å². The van der Waals surface area contributed by atoms with E-state index in [1.165, 1.54) is 0 Å². The summed E-state index contributed by atoms with van der Waals surface area (Å²) in [5.74, 6) is 0.251. The number of nitrogens with one attached hydrogen (secondary N) is 1. The van der Waals surface area contributed by atoms with Gasteiger partial charge in [-0.05, 0) is 71.6 Å². The van der Waals surface area contributed by atoms with Crippen molar-refractivity contribution < 1.29 is 9.53 Å². The number of aromatic nitrogens is 1. The van der Waals surface area contributed by atoms with Crippen molar-refractivity contribution in [1.82, 2.24) is 14.8 Å². The van der Waals surface area contributed by atoms with Gasteiger partial charge in [0.2, 0.25) is 0 Å². The van der Waals surface area contributed by atoms with Crippen LogP contribution in [-0.2, 0) is 6.54 Å².